The minimum atomic E-state index is 0.639. The van der Waals surface area contributed by atoms with Crippen LogP contribution >= 0.6 is 0 Å². The van der Waals surface area contributed by atoms with Crippen molar-refractivity contribution in [2.45, 2.75) is 33.6 Å². The van der Waals surface area contributed by atoms with E-state index >= 15 is 0 Å². The molecule has 0 bridgehead atoms. The molecule has 0 atom stereocenters. The zero-order chi connectivity index (χ0) is 6.12. The van der Waals surface area contributed by atoms with Gasteiger partial charge in [0.1, 0.15) is 6.29 Å². The minimum Gasteiger partial charge on any atom is -0.303 e. The molecule has 1 heteroatoms. The van der Waals surface area contributed by atoms with Gasteiger partial charge in [-0.2, -0.15) is 0 Å². The molecule has 0 aromatic heterocycles. The highest BCUT2D eigenvalue weighted by Gasteiger charge is 1.52. The molecule has 0 aliphatic heterocycles. The molecule has 0 heterocycles. The lowest BCUT2D eigenvalue weighted by Gasteiger charge is -1.51. The molecule has 0 saturated heterocycles. The van der Waals surface area contributed by atoms with Gasteiger partial charge in [-0.25, -0.2) is 0 Å². The fraction of sp³-hybridized carbons (Fsp3) is 0.833. The lowest BCUT2D eigenvalue weighted by molar-refractivity contribution is -0.107. The van der Waals surface area contributed by atoms with Crippen LogP contribution in [-0.4, -0.2) is 6.29 Å². The first-order valence-electron chi connectivity index (χ1n) is 2.77. The molecule has 0 N–H and O–H groups in total. The molecular formula is C6H14O. The van der Waals surface area contributed by atoms with Crippen LogP contribution in [0.5, 0.6) is 0 Å². The molecule has 44 valence electrons. The summed E-state index contributed by atoms with van der Waals surface area (Å²) < 4.78 is 0. The second-order valence-electron chi connectivity index (χ2n) is 1.28. The van der Waals surface area contributed by atoms with Gasteiger partial charge in [-0.3, -0.25) is 0 Å². The van der Waals surface area contributed by atoms with Gasteiger partial charge in [0.2, 0.25) is 0 Å². The van der Waals surface area contributed by atoms with Crippen molar-refractivity contribution in [2.75, 3.05) is 0 Å². The van der Waals surface area contributed by atoms with Crippen molar-refractivity contribution in [3.63, 3.8) is 0 Å². The third-order valence-corrected chi connectivity index (χ3v) is 0.167. The van der Waals surface area contributed by atoms with Gasteiger partial charge in [0, 0.05) is 6.42 Å². The van der Waals surface area contributed by atoms with Crippen LogP contribution in [0.3, 0.4) is 0 Å². The highest BCUT2D eigenvalue weighted by atomic mass is 16.1. The molecule has 0 aromatic rings. The average molecular weight is 102 g/mol. The summed E-state index contributed by atoms with van der Waals surface area (Å²) in [6.45, 7) is 6.06. The summed E-state index contributed by atoms with van der Waals surface area (Å²) in [6, 6.07) is 0. The van der Waals surface area contributed by atoms with Crippen LogP contribution in [-0.2, 0) is 4.79 Å². The second kappa shape index (κ2) is 17.3. The lowest BCUT2D eigenvalue weighted by Crippen LogP contribution is -1.55. The van der Waals surface area contributed by atoms with Gasteiger partial charge < -0.3 is 4.79 Å². The van der Waals surface area contributed by atoms with Crippen LogP contribution in [0.25, 0.3) is 0 Å². The highest BCUT2D eigenvalue weighted by Crippen LogP contribution is 1.56. The molecule has 7 heavy (non-hydrogen) atoms. The molecule has 0 unspecified atom stereocenters. The molecule has 0 aromatic carbocycles. The van der Waals surface area contributed by atoms with Crippen LogP contribution < -0.4 is 0 Å². The SMILES string of the molecule is CCC.CCC=O. The van der Waals surface area contributed by atoms with Gasteiger partial charge in [0.05, 0.1) is 0 Å². The summed E-state index contributed by atoms with van der Waals surface area (Å²) in [5.74, 6) is 0. The van der Waals surface area contributed by atoms with Crippen LogP contribution in [0.15, 0.2) is 0 Å². The van der Waals surface area contributed by atoms with E-state index in [-0.39, 0.29) is 0 Å². The molecular weight excluding hydrogens is 88.1 g/mol. The number of rotatable bonds is 1. The highest BCUT2D eigenvalue weighted by molar-refractivity contribution is 5.48. The molecule has 0 fully saturated rings. The number of aldehydes is 1. The van der Waals surface area contributed by atoms with E-state index in [0.717, 1.165) is 6.29 Å². The zero-order valence-corrected chi connectivity index (χ0v) is 5.40. The third-order valence-electron chi connectivity index (χ3n) is 0.167. The summed E-state index contributed by atoms with van der Waals surface area (Å²) >= 11 is 0. The summed E-state index contributed by atoms with van der Waals surface area (Å²) in [5, 5.41) is 0. The normalized spacial score (nSPS) is 6.14. The maximum atomic E-state index is 9.17. The van der Waals surface area contributed by atoms with E-state index in [4.69, 9.17) is 0 Å². The molecule has 0 aliphatic carbocycles. The van der Waals surface area contributed by atoms with Gasteiger partial charge in [0.15, 0.2) is 0 Å². The van der Waals surface area contributed by atoms with Gasteiger partial charge in [-0.15, -0.1) is 0 Å². The first-order valence-corrected chi connectivity index (χ1v) is 2.77. The Morgan fingerprint density at radius 1 is 1.29 bits per heavy atom. The Morgan fingerprint density at radius 3 is 1.43 bits per heavy atom. The molecule has 0 spiro atoms. The van der Waals surface area contributed by atoms with Crippen molar-refractivity contribution < 1.29 is 4.79 Å². The third kappa shape index (κ3) is 170. The van der Waals surface area contributed by atoms with Gasteiger partial charge in [-0.05, 0) is 0 Å². The quantitative estimate of drug-likeness (QED) is 0.463. The van der Waals surface area contributed by atoms with Crippen molar-refractivity contribution in [2.24, 2.45) is 0 Å². The topological polar surface area (TPSA) is 17.1 Å². The van der Waals surface area contributed by atoms with Crippen LogP contribution in [0.4, 0.5) is 0 Å². The number of carbonyl (C=O) groups excluding carboxylic acids is 1. The number of hydrogen-bond acceptors (Lipinski definition) is 1. The Balaban J connectivity index is 0. The molecule has 0 saturated carbocycles. The molecule has 0 rings (SSSR count). The van der Waals surface area contributed by atoms with Crippen molar-refractivity contribution >= 4 is 6.29 Å². The van der Waals surface area contributed by atoms with Crippen LogP contribution in [0, 0.1) is 0 Å². The van der Waals surface area contributed by atoms with E-state index in [9.17, 15) is 4.79 Å². The standard InChI is InChI=1S/C3H6O.C3H8/c1-2-3-4;1-3-2/h3H,2H2,1H3;3H2,1-2H3. The van der Waals surface area contributed by atoms with Crippen molar-refractivity contribution in [1.29, 1.82) is 0 Å². The summed E-state index contributed by atoms with van der Waals surface area (Å²) in [4.78, 5) is 9.17. The number of hydrogen-bond donors (Lipinski definition) is 0. The van der Waals surface area contributed by atoms with E-state index in [1.807, 2.05) is 6.92 Å². The minimum absolute atomic E-state index is 0.639. The average Bonchev–Trinajstić information content (AvgIpc) is 1.69. The summed E-state index contributed by atoms with van der Waals surface area (Å²) in [7, 11) is 0. The Kier molecular flexibility index (Phi) is 24.4. The lowest BCUT2D eigenvalue weighted by atomic mass is 10.6. The Labute approximate surface area is 45.7 Å². The Bertz CT molecular complexity index is 25.4. The van der Waals surface area contributed by atoms with E-state index in [1.54, 1.807) is 0 Å². The summed E-state index contributed by atoms with van der Waals surface area (Å²) in [6.07, 6.45) is 2.76. The van der Waals surface area contributed by atoms with Crippen LogP contribution in [0.1, 0.15) is 33.6 Å². The van der Waals surface area contributed by atoms with E-state index in [0.29, 0.717) is 6.42 Å². The largest absolute Gasteiger partial charge is 0.303 e. The fourth-order valence-corrected chi connectivity index (χ4v) is 0. The van der Waals surface area contributed by atoms with Crippen LogP contribution in [0.2, 0.25) is 0 Å². The van der Waals surface area contributed by atoms with E-state index in [1.165, 1.54) is 6.42 Å². The predicted octanol–water partition coefficient (Wildman–Crippen LogP) is 2.01. The molecule has 0 radical (unpaired) electrons. The van der Waals surface area contributed by atoms with Crippen molar-refractivity contribution in [3.05, 3.63) is 0 Å². The first kappa shape index (κ1) is 9.83. The smallest absolute Gasteiger partial charge is 0.119 e. The van der Waals surface area contributed by atoms with Crippen molar-refractivity contribution in [3.8, 4) is 0 Å². The van der Waals surface area contributed by atoms with Gasteiger partial charge >= 0.3 is 0 Å². The Hall–Kier alpha value is -0.330. The monoisotopic (exact) mass is 102 g/mol. The molecule has 1 nitrogen and oxygen atoms in total. The van der Waals surface area contributed by atoms with Gasteiger partial charge in [0.25, 0.3) is 0 Å². The van der Waals surface area contributed by atoms with E-state index < -0.39 is 0 Å². The molecule has 0 amide bonds. The number of carbonyl (C=O) groups is 1. The zero-order valence-electron chi connectivity index (χ0n) is 5.40. The summed E-state index contributed by atoms with van der Waals surface area (Å²) in [5.41, 5.74) is 0. The fourth-order valence-electron chi connectivity index (χ4n) is 0. The predicted molar refractivity (Wildman–Crippen MR) is 32.3 cm³/mol. The maximum Gasteiger partial charge on any atom is 0.119 e. The second-order valence-corrected chi connectivity index (χ2v) is 1.28. The maximum absolute atomic E-state index is 9.17. The van der Waals surface area contributed by atoms with Gasteiger partial charge in [-0.1, -0.05) is 27.2 Å². The van der Waals surface area contributed by atoms with Crippen molar-refractivity contribution in [1.82, 2.24) is 0 Å². The Morgan fingerprint density at radius 2 is 1.43 bits per heavy atom. The van der Waals surface area contributed by atoms with E-state index in [2.05, 4.69) is 13.8 Å². The molecule has 0 aliphatic rings. The first-order chi connectivity index (χ1) is 3.33.